The third-order valence-corrected chi connectivity index (χ3v) is 3.63. The van der Waals surface area contributed by atoms with Crippen molar-refractivity contribution in [3.8, 4) is 0 Å². The Balaban J connectivity index is 1.97. The zero-order valence-electron chi connectivity index (χ0n) is 10.7. The van der Waals surface area contributed by atoms with Gasteiger partial charge in [0, 0.05) is 29.4 Å². The molecule has 0 saturated heterocycles. The smallest absolute Gasteiger partial charge is 0.0944 e. The molecule has 1 atom stereocenters. The van der Waals surface area contributed by atoms with Crippen LogP contribution in [0.15, 0.2) is 54.9 Å². The van der Waals surface area contributed by atoms with Crippen LogP contribution >= 0.6 is 11.6 Å². The van der Waals surface area contributed by atoms with Crippen molar-refractivity contribution < 1.29 is 5.11 Å². The van der Waals surface area contributed by atoms with E-state index >= 15 is 0 Å². The van der Waals surface area contributed by atoms with Crippen LogP contribution in [-0.2, 0) is 6.42 Å². The predicted octanol–water partition coefficient (Wildman–Crippen LogP) is 3.56. The molecule has 0 bridgehead atoms. The first kappa shape index (κ1) is 13.0. The molecule has 20 heavy (non-hydrogen) atoms. The van der Waals surface area contributed by atoms with Gasteiger partial charge in [-0.25, -0.2) is 0 Å². The number of aromatic nitrogens is 2. The third kappa shape index (κ3) is 2.50. The molecule has 1 unspecified atom stereocenters. The molecule has 3 nitrogen and oxygen atoms in total. The predicted molar refractivity (Wildman–Crippen MR) is 79.7 cm³/mol. The first-order valence-electron chi connectivity index (χ1n) is 6.37. The summed E-state index contributed by atoms with van der Waals surface area (Å²) in [6.07, 6.45) is 3.07. The highest BCUT2D eigenvalue weighted by molar-refractivity contribution is 6.31. The average molecular weight is 285 g/mol. The van der Waals surface area contributed by atoms with Gasteiger partial charge in [-0.15, -0.1) is 0 Å². The van der Waals surface area contributed by atoms with Gasteiger partial charge in [-0.05, 0) is 17.7 Å². The zero-order chi connectivity index (χ0) is 13.9. The van der Waals surface area contributed by atoms with E-state index in [4.69, 9.17) is 11.6 Å². The summed E-state index contributed by atoms with van der Waals surface area (Å²) >= 11 is 6.13. The van der Waals surface area contributed by atoms with Crippen molar-refractivity contribution in [1.29, 1.82) is 0 Å². The summed E-state index contributed by atoms with van der Waals surface area (Å²) < 4.78 is 0. The summed E-state index contributed by atoms with van der Waals surface area (Å²) in [4.78, 5) is 8.56. The third-order valence-electron chi connectivity index (χ3n) is 3.26. The second-order valence-electron chi connectivity index (χ2n) is 4.58. The maximum absolute atomic E-state index is 10.5. The summed E-state index contributed by atoms with van der Waals surface area (Å²) in [6, 6.07) is 13.2. The Bertz CT molecular complexity index is 740. The molecule has 100 valence electrons. The summed E-state index contributed by atoms with van der Waals surface area (Å²) in [6.45, 7) is 0. The molecule has 0 radical (unpaired) electrons. The maximum Gasteiger partial charge on any atom is 0.0944 e. The topological polar surface area (TPSA) is 46.0 Å². The normalized spacial score (nSPS) is 12.5. The number of halogens is 1. The molecule has 4 heteroatoms. The Kier molecular flexibility index (Phi) is 3.63. The lowest BCUT2D eigenvalue weighted by atomic mass is 10.00. The minimum atomic E-state index is -0.657. The Morgan fingerprint density at radius 1 is 1.00 bits per heavy atom. The molecule has 0 spiro atoms. The lowest BCUT2D eigenvalue weighted by Crippen LogP contribution is -2.04. The summed E-state index contributed by atoms with van der Waals surface area (Å²) in [7, 11) is 0. The van der Waals surface area contributed by atoms with Crippen LogP contribution in [-0.4, -0.2) is 15.1 Å². The largest absolute Gasteiger partial charge is 0.388 e. The number of nitrogens with zero attached hydrogens (tertiary/aromatic N) is 2. The number of hydrogen-bond acceptors (Lipinski definition) is 3. The van der Waals surface area contributed by atoms with Gasteiger partial charge in [0.2, 0.25) is 0 Å². The van der Waals surface area contributed by atoms with Gasteiger partial charge in [0.05, 0.1) is 17.1 Å². The number of rotatable bonds is 3. The van der Waals surface area contributed by atoms with Crippen LogP contribution in [0.1, 0.15) is 17.2 Å². The molecular weight excluding hydrogens is 272 g/mol. The van der Waals surface area contributed by atoms with Crippen molar-refractivity contribution in [2.45, 2.75) is 12.5 Å². The van der Waals surface area contributed by atoms with Crippen LogP contribution in [0.25, 0.3) is 11.0 Å². The van der Waals surface area contributed by atoms with E-state index < -0.39 is 6.10 Å². The summed E-state index contributed by atoms with van der Waals surface area (Å²) in [5, 5.41) is 11.1. The average Bonchev–Trinajstić information content (AvgIpc) is 2.49. The fourth-order valence-electron chi connectivity index (χ4n) is 2.27. The van der Waals surface area contributed by atoms with Crippen LogP contribution in [0.2, 0.25) is 5.02 Å². The summed E-state index contributed by atoms with van der Waals surface area (Å²) in [5.74, 6) is 0. The zero-order valence-corrected chi connectivity index (χ0v) is 11.5. The lowest BCUT2D eigenvalue weighted by molar-refractivity contribution is 0.180. The SMILES string of the molecule is OC(Cc1ccccc1Cl)c1cccc2nccnc12. The van der Waals surface area contributed by atoms with E-state index in [2.05, 4.69) is 9.97 Å². The molecule has 0 saturated carbocycles. The van der Waals surface area contributed by atoms with Crippen molar-refractivity contribution in [1.82, 2.24) is 9.97 Å². The van der Waals surface area contributed by atoms with Crippen molar-refractivity contribution in [2.24, 2.45) is 0 Å². The number of aliphatic hydroxyl groups is 1. The molecule has 2 aromatic carbocycles. The first-order valence-corrected chi connectivity index (χ1v) is 6.74. The van der Waals surface area contributed by atoms with Crippen molar-refractivity contribution in [3.63, 3.8) is 0 Å². The van der Waals surface area contributed by atoms with Crippen LogP contribution in [0.4, 0.5) is 0 Å². The Morgan fingerprint density at radius 3 is 2.65 bits per heavy atom. The molecule has 1 aromatic heterocycles. The second-order valence-corrected chi connectivity index (χ2v) is 4.99. The maximum atomic E-state index is 10.5. The van der Waals surface area contributed by atoms with Gasteiger partial charge >= 0.3 is 0 Å². The van der Waals surface area contributed by atoms with Gasteiger partial charge in [0.15, 0.2) is 0 Å². The van der Waals surface area contributed by atoms with E-state index in [-0.39, 0.29) is 0 Å². The fourth-order valence-corrected chi connectivity index (χ4v) is 2.48. The van der Waals surface area contributed by atoms with Crippen LogP contribution in [0.5, 0.6) is 0 Å². The van der Waals surface area contributed by atoms with E-state index in [1.807, 2.05) is 42.5 Å². The monoisotopic (exact) mass is 284 g/mol. The fraction of sp³-hybridized carbons (Fsp3) is 0.125. The van der Waals surface area contributed by atoms with Crippen LogP contribution < -0.4 is 0 Å². The molecule has 0 fully saturated rings. The Labute approximate surface area is 121 Å². The standard InChI is InChI=1S/C16H13ClN2O/c17-13-6-2-1-4-11(13)10-15(20)12-5-3-7-14-16(12)19-9-8-18-14/h1-9,15,20H,10H2. The Hall–Kier alpha value is -1.97. The molecule has 0 amide bonds. The van der Waals surface area contributed by atoms with Crippen LogP contribution in [0.3, 0.4) is 0 Å². The highest BCUT2D eigenvalue weighted by Gasteiger charge is 2.14. The molecule has 3 rings (SSSR count). The highest BCUT2D eigenvalue weighted by Crippen LogP contribution is 2.26. The van der Waals surface area contributed by atoms with E-state index in [9.17, 15) is 5.11 Å². The minimum Gasteiger partial charge on any atom is -0.388 e. The van der Waals surface area contributed by atoms with E-state index in [1.54, 1.807) is 12.4 Å². The molecule has 1 heterocycles. The van der Waals surface area contributed by atoms with Crippen molar-refractivity contribution in [2.75, 3.05) is 0 Å². The van der Waals surface area contributed by atoms with E-state index in [0.717, 1.165) is 22.2 Å². The Morgan fingerprint density at radius 2 is 1.80 bits per heavy atom. The summed E-state index contributed by atoms with van der Waals surface area (Å²) in [5.41, 5.74) is 3.20. The lowest BCUT2D eigenvalue weighted by Gasteiger charge is -2.13. The molecule has 0 aliphatic heterocycles. The van der Waals surface area contributed by atoms with Gasteiger partial charge in [-0.2, -0.15) is 0 Å². The quantitative estimate of drug-likeness (QED) is 0.800. The van der Waals surface area contributed by atoms with E-state index in [0.29, 0.717) is 11.4 Å². The van der Waals surface area contributed by atoms with Gasteiger partial charge < -0.3 is 5.11 Å². The van der Waals surface area contributed by atoms with Gasteiger partial charge in [0.25, 0.3) is 0 Å². The number of benzene rings is 2. The molecule has 0 aliphatic carbocycles. The van der Waals surface area contributed by atoms with Crippen LogP contribution in [0, 0.1) is 0 Å². The molecule has 1 N–H and O–H groups in total. The first-order chi connectivity index (χ1) is 9.75. The van der Waals surface area contributed by atoms with Gasteiger partial charge in [-0.3, -0.25) is 9.97 Å². The van der Waals surface area contributed by atoms with Gasteiger partial charge in [0.1, 0.15) is 0 Å². The number of fused-ring (bicyclic) bond motifs is 1. The minimum absolute atomic E-state index is 0.454. The number of para-hydroxylation sites is 1. The second kappa shape index (κ2) is 5.57. The highest BCUT2D eigenvalue weighted by atomic mass is 35.5. The number of hydrogen-bond donors (Lipinski definition) is 1. The molecular formula is C16H13ClN2O. The van der Waals surface area contributed by atoms with Crippen molar-refractivity contribution >= 4 is 22.6 Å². The van der Waals surface area contributed by atoms with Gasteiger partial charge in [-0.1, -0.05) is 41.9 Å². The number of aliphatic hydroxyl groups excluding tert-OH is 1. The molecule has 3 aromatic rings. The van der Waals surface area contributed by atoms with Crippen molar-refractivity contribution in [3.05, 3.63) is 71.0 Å². The molecule has 0 aliphatic rings. The van der Waals surface area contributed by atoms with E-state index in [1.165, 1.54) is 0 Å².